The summed E-state index contributed by atoms with van der Waals surface area (Å²) in [5, 5.41) is 2.85. The average molecular weight is 448 g/mol. The SMILES string of the molecule is CC(C)(C)OC(=O)N[C@@H](COCc1ccccc1)C(=O)NNC(=O)c1cccc(Cl)c1. The summed E-state index contributed by atoms with van der Waals surface area (Å²) >= 11 is 5.87. The number of benzene rings is 2. The lowest BCUT2D eigenvalue weighted by molar-refractivity contribution is -0.125. The van der Waals surface area contributed by atoms with E-state index in [1.165, 1.54) is 6.07 Å². The molecule has 0 spiro atoms. The molecular weight excluding hydrogens is 422 g/mol. The van der Waals surface area contributed by atoms with Crippen LogP contribution in [0.3, 0.4) is 0 Å². The molecule has 31 heavy (non-hydrogen) atoms. The van der Waals surface area contributed by atoms with Crippen molar-refractivity contribution in [1.29, 1.82) is 0 Å². The van der Waals surface area contributed by atoms with Gasteiger partial charge in [-0.15, -0.1) is 0 Å². The molecule has 0 radical (unpaired) electrons. The molecule has 0 heterocycles. The topological polar surface area (TPSA) is 106 Å². The predicted octanol–water partition coefficient (Wildman–Crippen LogP) is 3.21. The van der Waals surface area contributed by atoms with E-state index in [4.69, 9.17) is 21.1 Å². The van der Waals surface area contributed by atoms with Crippen molar-refractivity contribution in [3.05, 3.63) is 70.7 Å². The van der Waals surface area contributed by atoms with E-state index in [1.54, 1.807) is 39.0 Å². The molecule has 3 amide bonds. The zero-order valence-corrected chi connectivity index (χ0v) is 18.4. The molecule has 0 aromatic heterocycles. The van der Waals surface area contributed by atoms with Gasteiger partial charge in [0, 0.05) is 10.6 Å². The number of halogens is 1. The van der Waals surface area contributed by atoms with Crippen molar-refractivity contribution in [3.8, 4) is 0 Å². The van der Waals surface area contributed by atoms with E-state index in [-0.39, 0.29) is 18.8 Å². The molecule has 3 N–H and O–H groups in total. The zero-order chi connectivity index (χ0) is 22.9. The Morgan fingerprint density at radius 2 is 1.71 bits per heavy atom. The summed E-state index contributed by atoms with van der Waals surface area (Å²) in [4.78, 5) is 36.9. The average Bonchev–Trinajstić information content (AvgIpc) is 2.70. The van der Waals surface area contributed by atoms with Crippen molar-refractivity contribution in [2.45, 2.75) is 39.0 Å². The Labute approximate surface area is 186 Å². The largest absolute Gasteiger partial charge is 0.444 e. The van der Waals surface area contributed by atoms with E-state index in [2.05, 4.69) is 16.2 Å². The molecule has 0 bridgehead atoms. The van der Waals surface area contributed by atoms with Crippen molar-refractivity contribution < 1.29 is 23.9 Å². The number of nitrogens with one attached hydrogen (secondary N) is 3. The van der Waals surface area contributed by atoms with E-state index in [0.717, 1.165) is 5.56 Å². The minimum atomic E-state index is -1.10. The maximum Gasteiger partial charge on any atom is 0.408 e. The number of carbonyl (C=O) groups excluding carboxylic acids is 3. The maximum absolute atomic E-state index is 12.6. The fraction of sp³-hybridized carbons (Fsp3) is 0.318. The molecular formula is C22H26ClN3O5. The predicted molar refractivity (Wildman–Crippen MR) is 116 cm³/mol. The van der Waals surface area contributed by atoms with Crippen LogP contribution in [0.5, 0.6) is 0 Å². The Morgan fingerprint density at radius 1 is 1.00 bits per heavy atom. The molecule has 0 saturated carbocycles. The van der Waals surface area contributed by atoms with Gasteiger partial charge in [0.1, 0.15) is 11.6 Å². The lowest BCUT2D eigenvalue weighted by atomic mass is 10.2. The Balaban J connectivity index is 1.96. The molecule has 2 rings (SSSR count). The van der Waals surface area contributed by atoms with Gasteiger partial charge in [-0.1, -0.05) is 48.0 Å². The maximum atomic E-state index is 12.6. The first-order chi connectivity index (χ1) is 14.6. The molecule has 0 aliphatic rings. The van der Waals surface area contributed by atoms with Gasteiger partial charge in [-0.3, -0.25) is 20.4 Å². The highest BCUT2D eigenvalue weighted by Crippen LogP contribution is 2.10. The molecule has 166 valence electrons. The first-order valence-corrected chi connectivity index (χ1v) is 9.99. The fourth-order valence-electron chi connectivity index (χ4n) is 2.41. The highest BCUT2D eigenvalue weighted by Gasteiger charge is 2.25. The van der Waals surface area contributed by atoms with Gasteiger partial charge in [0.2, 0.25) is 0 Å². The minimum absolute atomic E-state index is 0.132. The minimum Gasteiger partial charge on any atom is -0.444 e. The summed E-state index contributed by atoms with van der Waals surface area (Å²) in [6.45, 7) is 5.23. The summed E-state index contributed by atoms with van der Waals surface area (Å²) in [6, 6.07) is 14.5. The van der Waals surface area contributed by atoms with Gasteiger partial charge in [0.25, 0.3) is 11.8 Å². The Morgan fingerprint density at radius 3 is 2.35 bits per heavy atom. The van der Waals surface area contributed by atoms with Crippen molar-refractivity contribution in [1.82, 2.24) is 16.2 Å². The number of hydrogen-bond acceptors (Lipinski definition) is 5. The molecule has 0 aliphatic heterocycles. The van der Waals surface area contributed by atoms with Crippen LogP contribution in [0.25, 0.3) is 0 Å². The molecule has 0 fully saturated rings. The summed E-state index contributed by atoms with van der Waals surface area (Å²) < 4.78 is 10.8. The number of alkyl carbamates (subject to hydrolysis) is 1. The van der Waals surface area contributed by atoms with Gasteiger partial charge in [0.15, 0.2) is 0 Å². The number of rotatable bonds is 7. The zero-order valence-electron chi connectivity index (χ0n) is 17.6. The second kappa shape index (κ2) is 11.3. The van der Waals surface area contributed by atoms with Crippen molar-refractivity contribution in [3.63, 3.8) is 0 Å². The molecule has 2 aromatic carbocycles. The lowest BCUT2D eigenvalue weighted by Gasteiger charge is -2.23. The fourth-order valence-corrected chi connectivity index (χ4v) is 2.60. The number of hydrogen-bond donors (Lipinski definition) is 3. The van der Waals surface area contributed by atoms with Crippen LogP contribution in [-0.2, 0) is 20.9 Å². The lowest BCUT2D eigenvalue weighted by Crippen LogP contribution is -2.54. The van der Waals surface area contributed by atoms with Crippen LogP contribution in [0.2, 0.25) is 5.02 Å². The Bertz CT molecular complexity index is 900. The monoisotopic (exact) mass is 447 g/mol. The van der Waals surface area contributed by atoms with Crippen molar-refractivity contribution in [2.75, 3.05) is 6.61 Å². The highest BCUT2D eigenvalue weighted by atomic mass is 35.5. The molecule has 2 aromatic rings. The van der Waals surface area contributed by atoms with Crippen LogP contribution in [0.15, 0.2) is 54.6 Å². The number of ether oxygens (including phenoxy) is 2. The van der Waals surface area contributed by atoms with E-state index in [9.17, 15) is 14.4 Å². The molecule has 0 unspecified atom stereocenters. The van der Waals surface area contributed by atoms with Crippen LogP contribution in [-0.4, -0.2) is 36.2 Å². The number of carbonyl (C=O) groups is 3. The second-order valence-electron chi connectivity index (χ2n) is 7.65. The molecule has 0 saturated heterocycles. The Kier molecular flexibility index (Phi) is 8.84. The van der Waals surface area contributed by atoms with Gasteiger partial charge in [0.05, 0.1) is 13.2 Å². The second-order valence-corrected chi connectivity index (χ2v) is 8.09. The van der Waals surface area contributed by atoms with Crippen molar-refractivity contribution >= 4 is 29.5 Å². The van der Waals surface area contributed by atoms with Crippen LogP contribution < -0.4 is 16.2 Å². The number of amides is 3. The molecule has 1 atom stereocenters. The first-order valence-electron chi connectivity index (χ1n) is 9.61. The highest BCUT2D eigenvalue weighted by molar-refractivity contribution is 6.30. The van der Waals surface area contributed by atoms with Crippen LogP contribution in [0.1, 0.15) is 36.7 Å². The summed E-state index contributed by atoms with van der Waals surface area (Å²) in [5.74, 6) is -1.23. The first kappa shape index (κ1) is 24.2. The third-order valence-electron chi connectivity index (χ3n) is 3.79. The van der Waals surface area contributed by atoms with Gasteiger partial charge in [-0.2, -0.15) is 0 Å². The van der Waals surface area contributed by atoms with Gasteiger partial charge < -0.3 is 14.8 Å². The normalized spacial score (nSPS) is 11.9. The smallest absolute Gasteiger partial charge is 0.408 e. The standard InChI is InChI=1S/C22H26ClN3O5/c1-22(2,3)31-21(29)24-18(14-30-13-15-8-5-4-6-9-15)20(28)26-25-19(27)16-10-7-11-17(23)12-16/h4-12,18H,13-14H2,1-3H3,(H,24,29)(H,25,27)(H,26,28)/t18-/m0/s1. The van der Waals surface area contributed by atoms with Crippen LogP contribution >= 0.6 is 11.6 Å². The quantitative estimate of drug-likeness (QED) is 0.565. The molecule has 8 nitrogen and oxygen atoms in total. The summed E-state index contributed by atoms with van der Waals surface area (Å²) in [7, 11) is 0. The third-order valence-corrected chi connectivity index (χ3v) is 4.02. The van der Waals surface area contributed by atoms with E-state index >= 15 is 0 Å². The van der Waals surface area contributed by atoms with E-state index in [0.29, 0.717) is 5.02 Å². The van der Waals surface area contributed by atoms with Gasteiger partial charge in [-0.05, 0) is 44.5 Å². The van der Waals surface area contributed by atoms with E-state index < -0.39 is 29.6 Å². The summed E-state index contributed by atoms with van der Waals surface area (Å²) in [5.41, 5.74) is 5.02. The van der Waals surface area contributed by atoms with E-state index in [1.807, 2.05) is 30.3 Å². The van der Waals surface area contributed by atoms with Gasteiger partial charge >= 0.3 is 6.09 Å². The molecule has 0 aliphatic carbocycles. The van der Waals surface area contributed by atoms with Crippen LogP contribution in [0, 0.1) is 0 Å². The molecule has 9 heteroatoms. The third kappa shape index (κ3) is 9.06. The van der Waals surface area contributed by atoms with Gasteiger partial charge in [-0.25, -0.2) is 4.79 Å². The Hall–Kier alpha value is -3.10. The number of hydrazine groups is 1. The van der Waals surface area contributed by atoms with Crippen molar-refractivity contribution in [2.24, 2.45) is 0 Å². The summed E-state index contributed by atoms with van der Waals surface area (Å²) in [6.07, 6.45) is -0.780. The van der Waals surface area contributed by atoms with Crippen LogP contribution in [0.4, 0.5) is 4.79 Å².